The minimum atomic E-state index is -0.0427. The van der Waals surface area contributed by atoms with E-state index in [0.717, 1.165) is 25.1 Å². The average molecular weight is 347 g/mol. The van der Waals surface area contributed by atoms with Gasteiger partial charge >= 0.3 is 6.03 Å². The van der Waals surface area contributed by atoms with Crippen molar-refractivity contribution < 1.29 is 4.79 Å². The lowest BCUT2D eigenvalue weighted by Crippen LogP contribution is -2.46. The number of carbonyl (C=O) groups excluding carboxylic acids is 1. The van der Waals surface area contributed by atoms with Crippen LogP contribution in [0, 0.1) is 0 Å². The third-order valence-corrected chi connectivity index (χ3v) is 5.56. The topological polar surface area (TPSA) is 53.4 Å². The number of carbonyl (C=O) groups is 1. The molecule has 1 unspecified atom stereocenters. The van der Waals surface area contributed by atoms with Crippen molar-refractivity contribution in [3.63, 3.8) is 0 Å². The first-order valence-electron chi connectivity index (χ1n) is 8.28. The number of fused-ring (bicyclic) bond motifs is 1. The summed E-state index contributed by atoms with van der Waals surface area (Å²) < 4.78 is 1.75. The molecule has 0 bridgehead atoms. The van der Waals surface area contributed by atoms with E-state index < -0.39 is 0 Å². The van der Waals surface area contributed by atoms with Gasteiger partial charge in [-0.1, -0.05) is 0 Å². The molecule has 2 aromatic rings. The summed E-state index contributed by atoms with van der Waals surface area (Å²) >= 11 is 1.85. The van der Waals surface area contributed by atoms with Crippen molar-refractivity contribution in [3.05, 3.63) is 39.8 Å². The summed E-state index contributed by atoms with van der Waals surface area (Å²) in [7, 11) is 3.69. The molecule has 3 rings (SSSR count). The Bertz CT molecular complexity index is 695. The Labute approximate surface area is 147 Å². The molecule has 1 N–H and O–H groups in total. The van der Waals surface area contributed by atoms with Gasteiger partial charge in [0.2, 0.25) is 0 Å². The Morgan fingerprint density at radius 3 is 3.12 bits per heavy atom. The second-order valence-corrected chi connectivity index (χ2v) is 7.50. The SMILES string of the molecule is CC(CNC(=O)N(C)Cc1cnn(C)c1)N1CCc2sccc2C1. The minimum Gasteiger partial charge on any atom is -0.336 e. The molecule has 7 heteroatoms. The van der Waals surface area contributed by atoms with Gasteiger partial charge in [0.15, 0.2) is 0 Å². The highest BCUT2D eigenvalue weighted by molar-refractivity contribution is 7.10. The number of hydrogen-bond donors (Lipinski definition) is 1. The number of nitrogens with zero attached hydrogens (tertiary/aromatic N) is 4. The molecule has 0 radical (unpaired) electrons. The zero-order valence-electron chi connectivity index (χ0n) is 14.5. The van der Waals surface area contributed by atoms with E-state index in [1.807, 2.05) is 31.6 Å². The maximum absolute atomic E-state index is 12.3. The zero-order valence-corrected chi connectivity index (χ0v) is 15.3. The fourth-order valence-electron chi connectivity index (χ4n) is 3.04. The van der Waals surface area contributed by atoms with Crippen molar-refractivity contribution in [2.24, 2.45) is 7.05 Å². The molecule has 2 amide bonds. The average Bonchev–Trinajstić information content (AvgIpc) is 3.20. The van der Waals surface area contributed by atoms with Crippen LogP contribution in [0.2, 0.25) is 0 Å². The maximum atomic E-state index is 12.3. The van der Waals surface area contributed by atoms with Gasteiger partial charge in [-0.25, -0.2) is 4.79 Å². The molecule has 2 aromatic heterocycles. The molecule has 3 heterocycles. The van der Waals surface area contributed by atoms with Crippen molar-refractivity contribution in [2.45, 2.75) is 32.5 Å². The Balaban J connectivity index is 1.45. The van der Waals surface area contributed by atoms with Crippen LogP contribution in [0.15, 0.2) is 23.8 Å². The molecule has 0 saturated carbocycles. The molecule has 0 spiro atoms. The number of aryl methyl sites for hydroxylation is 1. The molecule has 24 heavy (non-hydrogen) atoms. The van der Waals surface area contributed by atoms with Crippen molar-refractivity contribution in [1.82, 2.24) is 24.9 Å². The van der Waals surface area contributed by atoms with Crippen LogP contribution in [0.3, 0.4) is 0 Å². The van der Waals surface area contributed by atoms with Gasteiger partial charge in [-0.05, 0) is 30.4 Å². The van der Waals surface area contributed by atoms with Crippen molar-refractivity contribution >= 4 is 17.4 Å². The fourth-order valence-corrected chi connectivity index (χ4v) is 3.93. The quantitative estimate of drug-likeness (QED) is 0.901. The van der Waals surface area contributed by atoms with E-state index in [0.29, 0.717) is 19.1 Å². The Morgan fingerprint density at radius 2 is 2.38 bits per heavy atom. The first kappa shape index (κ1) is 17.0. The zero-order chi connectivity index (χ0) is 17.1. The molecule has 0 fully saturated rings. The molecule has 6 nitrogen and oxygen atoms in total. The monoisotopic (exact) mass is 347 g/mol. The van der Waals surface area contributed by atoms with E-state index in [-0.39, 0.29) is 6.03 Å². The van der Waals surface area contributed by atoms with Crippen LogP contribution in [0.25, 0.3) is 0 Å². The summed E-state index contributed by atoms with van der Waals surface area (Å²) in [5.74, 6) is 0. The Kier molecular flexibility index (Phi) is 5.20. The predicted octanol–water partition coefficient (Wildman–Crippen LogP) is 2.07. The first-order valence-corrected chi connectivity index (χ1v) is 9.16. The molecular formula is C17H25N5OS. The second kappa shape index (κ2) is 7.36. The molecule has 1 aliphatic rings. The number of urea groups is 1. The highest BCUT2D eigenvalue weighted by Crippen LogP contribution is 2.24. The molecule has 1 aliphatic heterocycles. The van der Waals surface area contributed by atoms with Crippen LogP contribution in [-0.4, -0.2) is 51.8 Å². The largest absolute Gasteiger partial charge is 0.336 e. The summed E-state index contributed by atoms with van der Waals surface area (Å²) in [5.41, 5.74) is 2.47. The smallest absolute Gasteiger partial charge is 0.317 e. The lowest BCUT2D eigenvalue weighted by Gasteiger charge is -2.32. The third-order valence-electron chi connectivity index (χ3n) is 4.53. The normalized spacial score (nSPS) is 15.8. The standard InChI is InChI=1S/C17H25N5OS/c1-13(22-6-4-16-15(12-22)5-7-24-16)8-18-17(23)20(2)10-14-9-19-21(3)11-14/h5,7,9,11,13H,4,6,8,10,12H2,1-3H3,(H,18,23). The van der Waals surface area contributed by atoms with Gasteiger partial charge in [0.1, 0.15) is 0 Å². The number of hydrogen-bond acceptors (Lipinski definition) is 4. The predicted molar refractivity (Wildman–Crippen MR) is 96.0 cm³/mol. The van der Waals surface area contributed by atoms with E-state index in [4.69, 9.17) is 0 Å². The lowest BCUT2D eigenvalue weighted by molar-refractivity contribution is 0.177. The molecule has 0 aliphatic carbocycles. The minimum absolute atomic E-state index is 0.0427. The van der Waals surface area contributed by atoms with E-state index in [2.05, 4.69) is 33.7 Å². The third kappa shape index (κ3) is 3.96. The lowest BCUT2D eigenvalue weighted by atomic mass is 10.1. The first-order chi connectivity index (χ1) is 11.5. The van der Waals surface area contributed by atoms with Gasteiger partial charge in [-0.2, -0.15) is 5.10 Å². The summed E-state index contributed by atoms with van der Waals surface area (Å²) in [6, 6.07) is 2.51. The highest BCUT2D eigenvalue weighted by atomic mass is 32.1. The Morgan fingerprint density at radius 1 is 1.54 bits per heavy atom. The van der Waals surface area contributed by atoms with Crippen LogP contribution >= 0.6 is 11.3 Å². The molecule has 0 aromatic carbocycles. The number of amides is 2. The van der Waals surface area contributed by atoms with Crippen LogP contribution in [0.4, 0.5) is 4.79 Å². The summed E-state index contributed by atoms with van der Waals surface area (Å²) in [5, 5.41) is 9.35. The second-order valence-electron chi connectivity index (χ2n) is 6.50. The number of aromatic nitrogens is 2. The van der Waals surface area contributed by atoms with Gasteiger partial charge in [0, 0.05) is 56.4 Å². The molecule has 0 saturated heterocycles. The fraction of sp³-hybridized carbons (Fsp3) is 0.529. The number of rotatable bonds is 5. The molecule has 1 atom stereocenters. The van der Waals surface area contributed by atoms with E-state index in [1.54, 1.807) is 15.8 Å². The van der Waals surface area contributed by atoms with Crippen molar-refractivity contribution in [2.75, 3.05) is 20.1 Å². The van der Waals surface area contributed by atoms with Gasteiger partial charge in [-0.3, -0.25) is 9.58 Å². The maximum Gasteiger partial charge on any atom is 0.317 e. The van der Waals surface area contributed by atoms with Crippen molar-refractivity contribution in [3.8, 4) is 0 Å². The Hall–Kier alpha value is -1.86. The van der Waals surface area contributed by atoms with Gasteiger partial charge in [-0.15, -0.1) is 11.3 Å². The summed E-state index contributed by atoms with van der Waals surface area (Å²) in [6.07, 6.45) is 4.84. The summed E-state index contributed by atoms with van der Waals surface area (Å²) in [6.45, 7) is 5.46. The van der Waals surface area contributed by atoms with E-state index in [9.17, 15) is 4.79 Å². The summed E-state index contributed by atoms with van der Waals surface area (Å²) in [4.78, 5) is 17.9. The highest BCUT2D eigenvalue weighted by Gasteiger charge is 2.22. The van der Waals surface area contributed by atoms with Crippen LogP contribution in [-0.2, 0) is 26.6 Å². The van der Waals surface area contributed by atoms with Crippen molar-refractivity contribution in [1.29, 1.82) is 0 Å². The molecular weight excluding hydrogens is 322 g/mol. The van der Waals surface area contributed by atoms with Crippen LogP contribution < -0.4 is 5.32 Å². The van der Waals surface area contributed by atoms with Crippen LogP contribution in [0.5, 0.6) is 0 Å². The number of nitrogens with one attached hydrogen (secondary N) is 1. The van der Waals surface area contributed by atoms with Gasteiger partial charge in [0.05, 0.1) is 12.7 Å². The number of thiophene rings is 1. The van der Waals surface area contributed by atoms with Gasteiger partial charge < -0.3 is 10.2 Å². The molecule has 130 valence electrons. The van der Waals surface area contributed by atoms with Gasteiger partial charge in [0.25, 0.3) is 0 Å². The van der Waals surface area contributed by atoms with E-state index >= 15 is 0 Å². The van der Waals surface area contributed by atoms with E-state index in [1.165, 1.54) is 10.4 Å². The van der Waals surface area contributed by atoms with Crippen LogP contribution in [0.1, 0.15) is 22.9 Å².